The Balaban J connectivity index is 1.34. The first-order valence-corrected chi connectivity index (χ1v) is 8.42. The molecule has 3 heteroatoms. The maximum absolute atomic E-state index is 3.52. The van der Waals surface area contributed by atoms with Crippen LogP contribution >= 0.6 is 0 Å². The third kappa shape index (κ3) is 2.24. The van der Waals surface area contributed by atoms with E-state index in [2.05, 4.69) is 22.2 Å². The lowest BCUT2D eigenvalue weighted by Crippen LogP contribution is -2.38. The van der Waals surface area contributed by atoms with Crippen LogP contribution in [0.25, 0.3) is 0 Å². The number of nitrogens with zero attached hydrogens (tertiary/aromatic N) is 2. The molecule has 0 aromatic carbocycles. The molecule has 1 N–H and O–H groups in total. The van der Waals surface area contributed by atoms with Gasteiger partial charge in [-0.1, -0.05) is 0 Å². The van der Waals surface area contributed by atoms with Crippen molar-refractivity contribution in [2.24, 2.45) is 11.3 Å². The van der Waals surface area contributed by atoms with E-state index in [1.807, 2.05) is 0 Å². The third-order valence-corrected chi connectivity index (χ3v) is 6.67. The average Bonchev–Trinajstić information content (AvgIpc) is 2.96. The minimum Gasteiger partial charge on any atom is -0.317 e. The number of piperidine rings is 1. The largest absolute Gasteiger partial charge is 0.317 e. The number of hydrogen-bond donors (Lipinski definition) is 1. The zero-order valence-electron chi connectivity index (χ0n) is 12.4. The second-order valence-electron chi connectivity index (χ2n) is 7.61. The van der Waals surface area contributed by atoms with Gasteiger partial charge in [0, 0.05) is 25.2 Å². The molecular weight excluding hydrogens is 234 g/mol. The van der Waals surface area contributed by atoms with Crippen LogP contribution in [0.15, 0.2) is 0 Å². The molecule has 2 bridgehead atoms. The monoisotopic (exact) mass is 263 g/mol. The summed E-state index contributed by atoms with van der Waals surface area (Å²) in [6.45, 7) is 6.64. The topological polar surface area (TPSA) is 18.5 Å². The summed E-state index contributed by atoms with van der Waals surface area (Å²) in [5.41, 5.74) is 0.766. The van der Waals surface area contributed by atoms with E-state index in [9.17, 15) is 0 Å². The molecule has 1 spiro atoms. The Morgan fingerprint density at radius 2 is 1.89 bits per heavy atom. The van der Waals surface area contributed by atoms with Gasteiger partial charge in [0.2, 0.25) is 0 Å². The number of fused-ring (bicyclic) bond motifs is 2. The maximum atomic E-state index is 3.52. The Morgan fingerprint density at radius 1 is 1.11 bits per heavy atom. The van der Waals surface area contributed by atoms with Crippen molar-refractivity contribution in [1.29, 1.82) is 0 Å². The normalized spacial score (nSPS) is 42.5. The highest BCUT2D eigenvalue weighted by molar-refractivity contribution is 5.06. The Hall–Kier alpha value is -0.120. The SMILES string of the molecule is CN1C2CCC1CN(CC1CC13CCNCC3)CC2. The van der Waals surface area contributed by atoms with Gasteiger partial charge in [0.15, 0.2) is 0 Å². The first kappa shape index (κ1) is 12.6. The average molecular weight is 263 g/mol. The van der Waals surface area contributed by atoms with E-state index >= 15 is 0 Å². The molecule has 4 fully saturated rings. The van der Waals surface area contributed by atoms with Crippen LogP contribution in [-0.2, 0) is 0 Å². The molecule has 1 saturated carbocycles. The molecule has 3 unspecified atom stereocenters. The standard InChI is InChI=1S/C16H29N3/c1-18-14-2-3-15(18)12-19(9-4-14)11-13-10-16(13)5-7-17-8-6-16/h13-15,17H,2-12H2,1H3. The minimum atomic E-state index is 0.766. The van der Waals surface area contributed by atoms with Gasteiger partial charge in [-0.25, -0.2) is 0 Å². The molecule has 4 rings (SSSR count). The van der Waals surface area contributed by atoms with Crippen molar-refractivity contribution in [3.8, 4) is 0 Å². The van der Waals surface area contributed by atoms with E-state index in [1.165, 1.54) is 71.2 Å². The molecule has 3 nitrogen and oxygen atoms in total. The molecule has 0 aromatic heterocycles. The first-order chi connectivity index (χ1) is 9.27. The van der Waals surface area contributed by atoms with E-state index in [1.54, 1.807) is 0 Å². The summed E-state index contributed by atoms with van der Waals surface area (Å²) in [4.78, 5) is 5.48. The van der Waals surface area contributed by atoms with Crippen molar-refractivity contribution in [2.75, 3.05) is 39.8 Å². The predicted octanol–water partition coefficient (Wildman–Crippen LogP) is 1.54. The molecule has 3 atom stereocenters. The summed E-state index contributed by atoms with van der Waals surface area (Å²) in [7, 11) is 2.36. The van der Waals surface area contributed by atoms with Crippen LogP contribution in [0.3, 0.4) is 0 Å². The Kier molecular flexibility index (Phi) is 3.13. The summed E-state index contributed by atoms with van der Waals surface area (Å²) >= 11 is 0. The molecule has 0 aromatic rings. The summed E-state index contributed by atoms with van der Waals surface area (Å²) < 4.78 is 0. The quantitative estimate of drug-likeness (QED) is 0.815. The van der Waals surface area contributed by atoms with Gasteiger partial charge in [-0.2, -0.15) is 0 Å². The Labute approximate surface area is 117 Å². The van der Waals surface area contributed by atoms with Gasteiger partial charge in [-0.15, -0.1) is 0 Å². The zero-order valence-corrected chi connectivity index (χ0v) is 12.4. The fraction of sp³-hybridized carbons (Fsp3) is 1.00. The number of nitrogens with one attached hydrogen (secondary N) is 1. The van der Waals surface area contributed by atoms with Crippen molar-refractivity contribution in [1.82, 2.24) is 15.1 Å². The predicted molar refractivity (Wildman–Crippen MR) is 78.3 cm³/mol. The second-order valence-corrected chi connectivity index (χ2v) is 7.61. The first-order valence-electron chi connectivity index (χ1n) is 8.42. The van der Waals surface area contributed by atoms with Gasteiger partial charge in [0.25, 0.3) is 0 Å². The van der Waals surface area contributed by atoms with Crippen molar-refractivity contribution >= 4 is 0 Å². The van der Waals surface area contributed by atoms with Crippen molar-refractivity contribution in [3.05, 3.63) is 0 Å². The molecule has 3 aliphatic heterocycles. The molecule has 1 aliphatic carbocycles. The molecule has 0 amide bonds. The molecule has 0 radical (unpaired) electrons. The van der Waals surface area contributed by atoms with Gasteiger partial charge >= 0.3 is 0 Å². The smallest absolute Gasteiger partial charge is 0.0223 e. The van der Waals surface area contributed by atoms with Crippen LogP contribution in [0.4, 0.5) is 0 Å². The number of hydrogen-bond acceptors (Lipinski definition) is 3. The van der Waals surface area contributed by atoms with E-state index < -0.39 is 0 Å². The highest BCUT2D eigenvalue weighted by atomic mass is 15.3. The van der Waals surface area contributed by atoms with Crippen LogP contribution in [0.2, 0.25) is 0 Å². The van der Waals surface area contributed by atoms with Crippen LogP contribution in [0.1, 0.15) is 38.5 Å². The number of likely N-dealkylation sites (tertiary alicyclic amines) is 1. The molecule has 4 aliphatic rings. The molecule has 3 heterocycles. The number of likely N-dealkylation sites (N-methyl/N-ethyl adjacent to an activating group) is 1. The van der Waals surface area contributed by atoms with Crippen LogP contribution in [0, 0.1) is 11.3 Å². The minimum absolute atomic E-state index is 0.766. The fourth-order valence-corrected chi connectivity index (χ4v) is 5.08. The van der Waals surface area contributed by atoms with Crippen molar-refractivity contribution in [3.63, 3.8) is 0 Å². The lowest BCUT2D eigenvalue weighted by atomic mass is 9.91. The van der Waals surface area contributed by atoms with Crippen molar-refractivity contribution < 1.29 is 0 Å². The lowest BCUT2D eigenvalue weighted by molar-refractivity contribution is 0.200. The third-order valence-electron chi connectivity index (χ3n) is 6.67. The Morgan fingerprint density at radius 3 is 2.74 bits per heavy atom. The van der Waals surface area contributed by atoms with Gasteiger partial charge < -0.3 is 10.2 Å². The van der Waals surface area contributed by atoms with Crippen LogP contribution < -0.4 is 5.32 Å². The van der Waals surface area contributed by atoms with E-state index in [0.29, 0.717) is 0 Å². The van der Waals surface area contributed by atoms with Gasteiger partial charge in [0.1, 0.15) is 0 Å². The summed E-state index contributed by atoms with van der Waals surface area (Å²) in [5.74, 6) is 1.02. The highest BCUT2D eigenvalue weighted by Crippen LogP contribution is 2.58. The van der Waals surface area contributed by atoms with Gasteiger partial charge in [-0.3, -0.25) is 4.90 Å². The summed E-state index contributed by atoms with van der Waals surface area (Å²) in [6.07, 6.45) is 8.71. The molecular formula is C16H29N3. The Bertz CT molecular complexity index is 337. The lowest BCUT2D eigenvalue weighted by Gasteiger charge is -2.28. The second kappa shape index (κ2) is 4.71. The zero-order chi connectivity index (χ0) is 12.9. The van der Waals surface area contributed by atoms with E-state index in [4.69, 9.17) is 0 Å². The summed E-state index contributed by atoms with van der Waals surface area (Å²) in [6, 6.07) is 1.75. The van der Waals surface area contributed by atoms with E-state index in [-0.39, 0.29) is 0 Å². The van der Waals surface area contributed by atoms with Gasteiger partial charge in [-0.05, 0) is 76.5 Å². The van der Waals surface area contributed by atoms with Crippen molar-refractivity contribution in [2.45, 2.75) is 50.6 Å². The summed E-state index contributed by atoms with van der Waals surface area (Å²) in [5, 5.41) is 3.52. The van der Waals surface area contributed by atoms with Crippen LogP contribution in [0.5, 0.6) is 0 Å². The van der Waals surface area contributed by atoms with Crippen LogP contribution in [-0.4, -0.2) is 61.7 Å². The van der Waals surface area contributed by atoms with Gasteiger partial charge in [0.05, 0.1) is 0 Å². The molecule has 19 heavy (non-hydrogen) atoms. The van der Waals surface area contributed by atoms with E-state index in [0.717, 1.165) is 23.4 Å². The number of rotatable bonds is 2. The molecule has 3 saturated heterocycles. The highest BCUT2D eigenvalue weighted by Gasteiger charge is 2.54. The maximum Gasteiger partial charge on any atom is 0.0223 e. The molecule has 108 valence electrons. The fourth-order valence-electron chi connectivity index (χ4n) is 5.08.